The quantitative estimate of drug-likeness (QED) is 0.219. The zero-order valence-electron chi connectivity index (χ0n) is 18.1. The van der Waals surface area contributed by atoms with Gasteiger partial charge in [0.15, 0.2) is 0 Å². The molecule has 0 radical (unpaired) electrons. The summed E-state index contributed by atoms with van der Waals surface area (Å²) in [5, 5.41) is 20.4. The van der Waals surface area contributed by atoms with Gasteiger partial charge in [-0.25, -0.2) is 0 Å². The Morgan fingerprint density at radius 1 is 0.793 bits per heavy atom. The van der Waals surface area contributed by atoms with Crippen LogP contribution in [0.4, 0.5) is 0 Å². The molecule has 0 aliphatic rings. The van der Waals surface area contributed by atoms with E-state index < -0.39 is 6.10 Å². The van der Waals surface area contributed by atoms with Gasteiger partial charge in [-0.3, -0.25) is 4.79 Å². The molecule has 0 saturated carbocycles. The average molecular weight is 404 g/mol. The van der Waals surface area contributed by atoms with Gasteiger partial charge in [0.05, 0.1) is 12.7 Å². The molecule has 0 aliphatic heterocycles. The first-order chi connectivity index (χ1) is 14.2. The van der Waals surface area contributed by atoms with Crippen LogP contribution >= 0.6 is 0 Å². The summed E-state index contributed by atoms with van der Waals surface area (Å²) in [7, 11) is 0. The summed E-state index contributed by atoms with van der Waals surface area (Å²) in [5.74, 6) is -0.0626. The van der Waals surface area contributed by atoms with Gasteiger partial charge in [-0.15, -0.1) is 0 Å². The van der Waals surface area contributed by atoms with Crippen LogP contribution in [0.3, 0.4) is 0 Å². The topological polar surface area (TPSA) is 69.6 Å². The highest BCUT2D eigenvalue weighted by molar-refractivity contribution is 5.75. The number of hydrogen-bond acceptors (Lipinski definition) is 3. The second-order valence-electron chi connectivity index (χ2n) is 6.95. The zero-order chi connectivity index (χ0) is 21.4. The molecule has 4 nitrogen and oxygen atoms in total. The molecule has 164 valence electrons. The van der Waals surface area contributed by atoms with Gasteiger partial charge in [-0.2, -0.15) is 0 Å². The summed E-state index contributed by atoms with van der Waals surface area (Å²) in [6.07, 6.45) is 30.7. The largest absolute Gasteiger partial charge is 0.394 e. The van der Waals surface area contributed by atoms with E-state index in [2.05, 4.69) is 73.0 Å². The Kier molecular flexibility index (Phi) is 20.9. The van der Waals surface area contributed by atoms with E-state index in [1.54, 1.807) is 0 Å². The van der Waals surface area contributed by atoms with Crippen LogP contribution in [0.25, 0.3) is 0 Å². The second kappa shape index (κ2) is 22.4. The Labute approximate surface area is 177 Å². The van der Waals surface area contributed by atoms with Crippen molar-refractivity contribution in [2.24, 2.45) is 0 Å². The fourth-order valence-electron chi connectivity index (χ4n) is 2.48. The highest BCUT2D eigenvalue weighted by Gasteiger charge is 2.04. The number of aliphatic hydroxyl groups excluding tert-OH is 2. The molecular weight excluding hydrogens is 362 g/mol. The van der Waals surface area contributed by atoms with Crippen molar-refractivity contribution in [2.75, 3.05) is 13.2 Å². The number of amides is 1. The lowest BCUT2D eigenvalue weighted by molar-refractivity contribution is -0.121. The molecule has 0 aromatic heterocycles. The predicted octanol–water partition coefficient (Wildman–Crippen LogP) is 5.16. The first-order valence-corrected chi connectivity index (χ1v) is 11.0. The molecule has 0 saturated heterocycles. The van der Waals surface area contributed by atoms with Crippen LogP contribution in [0.2, 0.25) is 0 Å². The van der Waals surface area contributed by atoms with E-state index in [0.717, 1.165) is 57.8 Å². The number of aliphatic hydroxyl groups is 2. The molecule has 0 bridgehead atoms. The third-order valence-electron chi connectivity index (χ3n) is 4.18. The zero-order valence-corrected chi connectivity index (χ0v) is 18.1. The fourth-order valence-corrected chi connectivity index (χ4v) is 2.48. The summed E-state index contributed by atoms with van der Waals surface area (Å²) in [6.45, 7) is 1.94. The monoisotopic (exact) mass is 403 g/mol. The highest BCUT2D eigenvalue weighted by Crippen LogP contribution is 2.04. The minimum atomic E-state index is -0.866. The van der Waals surface area contributed by atoms with Gasteiger partial charge in [-0.05, 0) is 51.4 Å². The number of hydrogen-bond donors (Lipinski definition) is 3. The van der Waals surface area contributed by atoms with Crippen molar-refractivity contribution in [1.82, 2.24) is 5.32 Å². The van der Waals surface area contributed by atoms with E-state index in [9.17, 15) is 4.79 Å². The van der Waals surface area contributed by atoms with E-state index in [4.69, 9.17) is 10.2 Å². The van der Waals surface area contributed by atoms with Gasteiger partial charge < -0.3 is 15.5 Å². The van der Waals surface area contributed by atoms with Crippen LogP contribution in [-0.4, -0.2) is 35.4 Å². The number of rotatable bonds is 18. The van der Waals surface area contributed by atoms with Crippen molar-refractivity contribution in [3.8, 4) is 0 Å². The molecule has 1 atom stereocenters. The molecule has 0 fully saturated rings. The first-order valence-electron chi connectivity index (χ1n) is 11.0. The van der Waals surface area contributed by atoms with Crippen LogP contribution in [0.15, 0.2) is 60.8 Å². The minimum absolute atomic E-state index is 0.0626. The van der Waals surface area contributed by atoms with Crippen molar-refractivity contribution >= 4 is 5.91 Å². The Balaban J connectivity index is 3.47. The minimum Gasteiger partial charge on any atom is -0.394 e. The van der Waals surface area contributed by atoms with Crippen molar-refractivity contribution in [1.29, 1.82) is 0 Å². The maximum absolute atomic E-state index is 11.5. The summed E-state index contributed by atoms with van der Waals surface area (Å²) < 4.78 is 0. The van der Waals surface area contributed by atoms with Crippen LogP contribution in [-0.2, 0) is 4.79 Å². The average Bonchev–Trinajstić information content (AvgIpc) is 2.73. The SMILES string of the molecule is CCC=CCC=CCC=CCC=CCC=CCCCCCC(=O)NCC(O)CO. The summed E-state index contributed by atoms with van der Waals surface area (Å²) in [4.78, 5) is 11.5. The van der Waals surface area contributed by atoms with Gasteiger partial charge in [-0.1, -0.05) is 74.1 Å². The molecule has 0 aromatic rings. The van der Waals surface area contributed by atoms with Crippen LogP contribution in [0.1, 0.15) is 71.1 Å². The molecule has 3 N–H and O–H groups in total. The molecule has 1 amide bonds. The second-order valence-corrected chi connectivity index (χ2v) is 6.95. The molecule has 4 heteroatoms. The lowest BCUT2D eigenvalue weighted by atomic mass is 10.1. The van der Waals surface area contributed by atoms with Crippen LogP contribution in [0, 0.1) is 0 Å². The van der Waals surface area contributed by atoms with Gasteiger partial charge >= 0.3 is 0 Å². The Hall–Kier alpha value is -1.91. The Bertz CT molecular complexity index is 518. The van der Waals surface area contributed by atoms with E-state index in [1.807, 2.05) is 0 Å². The molecule has 1 unspecified atom stereocenters. The third-order valence-corrected chi connectivity index (χ3v) is 4.18. The summed E-state index contributed by atoms with van der Waals surface area (Å²) >= 11 is 0. The van der Waals surface area contributed by atoms with E-state index in [1.165, 1.54) is 0 Å². The number of unbranched alkanes of at least 4 members (excludes halogenated alkanes) is 3. The normalized spacial score (nSPS) is 13.6. The maximum atomic E-state index is 11.5. The molecular formula is C25H41NO3. The van der Waals surface area contributed by atoms with E-state index in [-0.39, 0.29) is 19.1 Å². The lowest BCUT2D eigenvalue weighted by Gasteiger charge is -2.08. The van der Waals surface area contributed by atoms with Gasteiger partial charge in [0.1, 0.15) is 0 Å². The molecule has 0 heterocycles. The maximum Gasteiger partial charge on any atom is 0.220 e. The van der Waals surface area contributed by atoms with Crippen molar-refractivity contribution in [2.45, 2.75) is 77.2 Å². The van der Waals surface area contributed by atoms with E-state index >= 15 is 0 Å². The molecule has 0 aliphatic carbocycles. The Morgan fingerprint density at radius 3 is 1.83 bits per heavy atom. The highest BCUT2D eigenvalue weighted by atomic mass is 16.3. The molecule has 0 aromatic carbocycles. The fraction of sp³-hybridized carbons (Fsp3) is 0.560. The van der Waals surface area contributed by atoms with Crippen LogP contribution < -0.4 is 5.32 Å². The number of allylic oxidation sites excluding steroid dienone is 10. The van der Waals surface area contributed by atoms with Crippen molar-refractivity contribution in [3.63, 3.8) is 0 Å². The standard InChI is InChI=1S/C25H41NO3/c1-2-3-4-5-6-7-8-9-10-11-12-13-14-15-16-17-18-19-20-21-25(29)26-22-24(28)23-27/h3-4,6-7,9-10,12-13,15-16,24,27-28H,2,5,8,11,14,17-23H2,1H3,(H,26,29). The van der Waals surface area contributed by atoms with Gasteiger partial charge in [0, 0.05) is 13.0 Å². The van der Waals surface area contributed by atoms with Crippen LogP contribution in [0.5, 0.6) is 0 Å². The lowest BCUT2D eigenvalue weighted by Crippen LogP contribution is -2.33. The molecule has 0 spiro atoms. The number of carbonyl (C=O) groups is 1. The third kappa shape index (κ3) is 22.2. The molecule has 0 rings (SSSR count). The van der Waals surface area contributed by atoms with Gasteiger partial charge in [0.2, 0.25) is 5.91 Å². The Morgan fingerprint density at radius 2 is 1.31 bits per heavy atom. The summed E-state index contributed by atoms with van der Waals surface area (Å²) in [6, 6.07) is 0. The van der Waals surface area contributed by atoms with E-state index in [0.29, 0.717) is 6.42 Å². The first kappa shape index (κ1) is 27.1. The van der Waals surface area contributed by atoms with Crippen molar-refractivity contribution in [3.05, 3.63) is 60.8 Å². The smallest absolute Gasteiger partial charge is 0.220 e. The van der Waals surface area contributed by atoms with Crippen molar-refractivity contribution < 1.29 is 15.0 Å². The molecule has 29 heavy (non-hydrogen) atoms. The number of nitrogens with one attached hydrogen (secondary N) is 1. The predicted molar refractivity (Wildman–Crippen MR) is 124 cm³/mol. The van der Waals surface area contributed by atoms with Gasteiger partial charge in [0.25, 0.3) is 0 Å². The number of carbonyl (C=O) groups excluding carboxylic acids is 1. The summed E-state index contributed by atoms with van der Waals surface area (Å²) in [5.41, 5.74) is 0.